The molecule has 0 bridgehead atoms. The van der Waals surface area contributed by atoms with Gasteiger partial charge < -0.3 is 9.84 Å². The third-order valence-corrected chi connectivity index (χ3v) is 5.39. The van der Waals surface area contributed by atoms with Crippen molar-refractivity contribution in [2.45, 2.75) is 82.8 Å². The van der Waals surface area contributed by atoms with Gasteiger partial charge in [-0.1, -0.05) is 51.2 Å². The number of rotatable bonds is 14. The topological polar surface area (TPSA) is 46.5 Å². The molecule has 1 heterocycles. The molecule has 1 N–H and O–H groups in total. The molecular weight excluding hydrogens is 320 g/mol. The van der Waals surface area contributed by atoms with Crippen LogP contribution in [-0.2, 0) is 9.53 Å². The average Bonchev–Trinajstić information content (AvgIpc) is 3.00. The molecule has 0 saturated carbocycles. The monoisotopic (exact) mass is 356 g/mol. The molecule has 0 aliphatic carbocycles. The molecule has 1 aliphatic heterocycles. The van der Waals surface area contributed by atoms with Crippen molar-refractivity contribution in [3.8, 4) is 0 Å². The standard InChI is InChI=1S/C20H36O3S/c1-2-3-4-8-11-19(24)14-13-18-16-23-15-17(18)10-7-5-6-9-12-20(21)22/h8,11,17-19,24H,2-7,9-10,12-16H2,1H3,(H,21,22). The average molecular weight is 357 g/mol. The lowest BCUT2D eigenvalue weighted by atomic mass is 9.87. The highest BCUT2D eigenvalue weighted by Gasteiger charge is 2.27. The molecule has 1 aliphatic rings. The van der Waals surface area contributed by atoms with Gasteiger partial charge in [-0.3, -0.25) is 4.79 Å². The minimum atomic E-state index is -0.677. The van der Waals surface area contributed by atoms with Crippen LogP contribution >= 0.6 is 12.6 Å². The number of hydrogen-bond acceptors (Lipinski definition) is 3. The molecule has 0 aromatic rings. The summed E-state index contributed by atoms with van der Waals surface area (Å²) in [6.07, 6.45) is 16.3. The highest BCUT2D eigenvalue weighted by atomic mass is 32.1. The van der Waals surface area contributed by atoms with Gasteiger partial charge in [-0.15, -0.1) is 0 Å². The Balaban J connectivity index is 2.11. The molecule has 140 valence electrons. The zero-order valence-corrected chi connectivity index (χ0v) is 16.2. The van der Waals surface area contributed by atoms with Gasteiger partial charge in [0.15, 0.2) is 0 Å². The van der Waals surface area contributed by atoms with Gasteiger partial charge in [0.05, 0.1) is 0 Å². The fourth-order valence-electron chi connectivity index (χ4n) is 3.37. The van der Waals surface area contributed by atoms with Gasteiger partial charge >= 0.3 is 5.97 Å². The van der Waals surface area contributed by atoms with Gasteiger partial charge in [-0.25, -0.2) is 0 Å². The minimum Gasteiger partial charge on any atom is -0.481 e. The Morgan fingerprint density at radius 2 is 1.88 bits per heavy atom. The van der Waals surface area contributed by atoms with Crippen LogP contribution in [0.25, 0.3) is 0 Å². The summed E-state index contributed by atoms with van der Waals surface area (Å²) in [7, 11) is 0. The normalized spacial score (nSPS) is 22.2. The van der Waals surface area contributed by atoms with E-state index in [1.54, 1.807) is 0 Å². The first kappa shape index (κ1) is 21.6. The van der Waals surface area contributed by atoms with Crippen molar-refractivity contribution in [3.63, 3.8) is 0 Å². The van der Waals surface area contributed by atoms with Gasteiger partial charge in [0.25, 0.3) is 0 Å². The molecule has 3 atom stereocenters. The van der Waals surface area contributed by atoms with Crippen LogP contribution in [0.1, 0.15) is 77.6 Å². The van der Waals surface area contributed by atoms with E-state index in [1.807, 2.05) is 0 Å². The van der Waals surface area contributed by atoms with Crippen molar-refractivity contribution in [2.75, 3.05) is 13.2 Å². The maximum atomic E-state index is 10.5. The second kappa shape index (κ2) is 13.8. The molecule has 1 saturated heterocycles. The zero-order chi connectivity index (χ0) is 17.6. The summed E-state index contributed by atoms with van der Waals surface area (Å²) < 4.78 is 5.70. The second-order valence-electron chi connectivity index (χ2n) is 7.12. The quantitative estimate of drug-likeness (QED) is 0.245. The van der Waals surface area contributed by atoms with E-state index >= 15 is 0 Å². The van der Waals surface area contributed by atoms with Gasteiger partial charge in [0.2, 0.25) is 0 Å². The van der Waals surface area contributed by atoms with Crippen LogP contribution < -0.4 is 0 Å². The molecule has 1 fully saturated rings. The Morgan fingerprint density at radius 3 is 2.58 bits per heavy atom. The number of unbranched alkanes of at least 4 members (excludes halogenated alkanes) is 5. The number of carbonyl (C=O) groups is 1. The second-order valence-corrected chi connectivity index (χ2v) is 7.78. The number of carboxylic acids is 1. The summed E-state index contributed by atoms with van der Waals surface area (Å²) in [4.78, 5) is 10.5. The van der Waals surface area contributed by atoms with Gasteiger partial charge in [0, 0.05) is 24.9 Å². The van der Waals surface area contributed by atoms with E-state index in [9.17, 15) is 4.79 Å². The Hall–Kier alpha value is -0.480. The first-order valence-corrected chi connectivity index (χ1v) is 10.3. The number of carboxylic acid groups (broad SMARTS) is 1. The van der Waals surface area contributed by atoms with E-state index in [1.165, 1.54) is 38.5 Å². The lowest BCUT2D eigenvalue weighted by Crippen LogP contribution is -2.14. The molecule has 3 unspecified atom stereocenters. The highest BCUT2D eigenvalue weighted by molar-refractivity contribution is 7.81. The Kier molecular flexibility index (Phi) is 12.4. The van der Waals surface area contributed by atoms with Crippen LogP contribution in [0.4, 0.5) is 0 Å². The lowest BCUT2D eigenvalue weighted by molar-refractivity contribution is -0.137. The number of ether oxygens (including phenoxy) is 1. The Bertz CT molecular complexity index is 357. The van der Waals surface area contributed by atoms with E-state index in [0.29, 0.717) is 23.5 Å². The van der Waals surface area contributed by atoms with Crippen LogP contribution in [0.3, 0.4) is 0 Å². The van der Waals surface area contributed by atoms with Crippen molar-refractivity contribution in [2.24, 2.45) is 11.8 Å². The molecule has 0 aromatic carbocycles. The SMILES string of the molecule is CCCCC=CC(S)CCC1COCC1CCCCCCC(=O)O. The fourth-order valence-corrected chi connectivity index (χ4v) is 3.64. The van der Waals surface area contributed by atoms with Crippen LogP contribution in [0.5, 0.6) is 0 Å². The van der Waals surface area contributed by atoms with Crippen molar-refractivity contribution < 1.29 is 14.6 Å². The van der Waals surface area contributed by atoms with Crippen LogP contribution in [0.2, 0.25) is 0 Å². The first-order chi connectivity index (χ1) is 11.6. The van der Waals surface area contributed by atoms with Crippen LogP contribution in [-0.4, -0.2) is 29.5 Å². The highest BCUT2D eigenvalue weighted by Crippen LogP contribution is 2.30. The number of hydrogen-bond donors (Lipinski definition) is 2. The Labute approximate surface area is 153 Å². The number of allylic oxidation sites excluding steroid dienone is 1. The molecular formula is C20H36O3S. The summed E-state index contributed by atoms with van der Waals surface area (Å²) in [6.45, 7) is 4.03. The van der Waals surface area contributed by atoms with Crippen molar-refractivity contribution in [1.29, 1.82) is 0 Å². The van der Waals surface area contributed by atoms with E-state index in [4.69, 9.17) is 9.84 Å². The fraction of sp³-hybridized carbons (Fsp3) is 0.850. The molecule has 0 aromatic heterocycles. The third kappa shape index (κ3) is 10.4. The van der Waals surface area contributed by atoms with Crippen molar-refractivity contribution in [3.05, 3.63) is 12.2 Å². The van der Waals surface area contributed by atoms with E-state index in [-0.39, 0.29) is 0 Å². The molecule has 0 spiro atoms. The summed E-state index contributed by atoms with van der Waals surface area (Å²) in [6, 6.07) is 0. The summed E-state index contributed by atoms with van der Waals surface area (Å²) in [5.74, 6) is 0.695. The van der Waals surface area contributed by atoms with E-state index in [0.717, 1.165) is 38.9 Å². The van der Waals surface area contributed by atoms with Crippen molar-refractivity contribution >= 4 is 18.6 Å². The molecule has 3 nitrogen and oxygen atoms in total. The molecule has 4 heteroatoms. The zero-order valence-electron chi connectivity index (χ0n) is 15.3. The molecule has 1 rings (SSSR count). The number of thiol groups is 1. The maximum Gasteiger partial charge on any atom is 0.303 e. The van der Waals surface area contributed by atoms with Gasteiger partial charge in [-0.2, -0.15) is 12.6 Å². The Morgan fingerprint density at radius 1 is 1.17 bits per heavy atom. The predicted molar refractivity (Wildman–Crippen MR) is 104 cm³/mol. The minimum absolute atomic E-state index is 0.310. The third-order valence-electron chi connectivity index (χ3n) is 4.96. The number of aliphatic carboxylic acids is 1. The predicted octanol–water partition coefficient (Wildman–Crippen LogP) is 5.50. The van der Waals surface area contributed by atoms with Gasteiger partial charge in [0.1, 0.15) is 0 Å². The summed E-state index contributed by atoms with van der Waals surface area (Å²) >= 11 is 4.68. The lowest BCUT2D eigenvalue weighted by Gasteiger charge is -2.18. The molecule has 0 radical (unpaired) electrons. The van der Waals surface area contributed by atoms with E-state index < -0.39 is 5.97 Å². The van der Waals surface area contributed by atoms with Crippen molar-refractivity contribution in [1.82, 2.24) is 0 Å². The van der Waals surface area contributed by atoms with Crippen LogP contribution in [0.15, 0.2) is 12.2 Å². The van der Waals surface area contributed by atoms with Gasteiger partial charge in [-0.05, 0) is 43.9 Å². The first-order valence-electron chi connectivity index (χ1n) is 9.77. The van der Waals surface area contributed by atoms with Crippen LogP contribution in [0, 0.1) is 11.8 Å². The molecule has 0 amide bonds. The smallest absolute Gasteiger partial charge is 0.303 e. The largest absolute Gasteiger partial charge is 0.481 e. The molecule has 24 heavy (non-hydrogen) atoms. The van der Waals surface area contributed by atoms with E-state index in [2.05, 4.69) is 31.7 Å². The summed E-state index contributed by atoms with van der Waals surface area (Å²) in [5, 5.41) is 9.01. The maximum absolute atomic E-state index is 10.5. The summed E-state index contributed by atoms with van der Waals surface area (Å²) in [5.41, 5.74) is 0.